The van der Waals surface area contributed by atoms with Crippen molar-refractivity contribution in [3.63, 3.8) is 0 Å². The van der Waals surface area contributed by atoms with Crippen LogP contribution < -0.4 is 0 Å². The van der Waals surface area contributed by atoms with Crippen molar-refractivity contribution in [2.45, 2.75) is 290 Å². The van der Waals surface area contributed by atoms with Crippen LogP contribution in [-0.2, 0) is 65.4 Å². The number of hydrogen-bond acceptors (Lipinski definition) is 15. The predicted molar refractivity (Wildman–Crippen MR) is 472 cm³/mol. The van der Waals surface area contributed by atoms with E-state index in [-0.39, 0.29) is 25.7 Å². The number of carbonyl (C=O) groups excluding carboxylic acids is 4. The van der Waals surface area contributed by atoms with Crippen molar-refractivity contribution in [3.05, 3.63) is 243 Å². The molecular formula is C95H146O17P2. The van der Waals surface area contributed by atoms with Crippen molar-refractivity contribution in [1.82, 2.24) is 0 Å². The fourth-order valence-electron chi connectivity index (χ4n) is 9.91. The Kier molecular flexibility index (Phi) is 78.5. The van der Waals surface area contributed by atoms with Gasteiger partial charge in [0.2, 0.25) is 0 Å². The summed E-state index contributed by atoms with van der Waals surface area (Å²) in [7, 11) is -10.1. The van der Waals surface area contributed by atoms with E-state index in [1.54, 1.807) is 0 Å². The van der Waals surface area contributed by atoms with Gasteiger partial charge in [-0.3, -0.25) is 37.3 Å². The van der Waals surface area contributed by atoms with Crippen LogP contribution >= 0.6 is 15.6 Å². The number of carbonyl (C=O) groups is 4. The van der Waals surface area contributed by atoms with Gasteiger partial charge >= 0.3 is 39.5 Å². The molecule has 5 atom stereocenters. The molecule has 19 heteroatoms. The van der Waals surface area contributed by atoms with Gasteiger partial charge in [-0.15, -0.1) is 0 Å². The number of unbranched alkanes of at least 4 members (excludes halogenated alkanes) is 10. The summed E-state index contributed by atoms with van der Waals surface area (Å²) in [5.41, 5.74) is 0. The van der Waals surface area contributed by atoms with Crippen molar-refractivity contribution in [2.75, 3.05) is 39.6 Å². The van der Waals surface area contributed by atoms with Crippen LogP contribution in [-0.4, -0.2) is 96.7 Å². The summed E-state index contributed by atoms with van der Waals surface area (Å²) in [6.45, 7) is 4.31. The fraction of sp³-hybridized carbons (Fsp3) is 0.537. The molecule has 0 aliphatic rings. The number of rotatable bonds is 76. The van der Waals surface area contributed by atoms with Crippen LogP contribution in [0.4, 0.5) is 0 Å². The molecule has 0 aromatic rings. The van der Waals surface area contributed by atoms with E-state index in [0.717, 1.165) is 109 Å². The summed E-state index contributed by atoms with van der Waals surface area (Å²) in [4.78, 5) is 73.1. The van der Waals surface area contributed by atoms with Gasteiger partial charge in [0.25, 0.3) is 0 Å². The molecule has 0 aliphatic carbocycles. The lowest BCUT2D eigenvalue weighted by Crippen LogP contribution is -2.30. The van der Waals surface area contributed by atoms with Crippen LogP contribution in [0, 0.1) is 0 Å². The third-order valence-electron chi connectivity index (χ3n) is 16.3. The second-order valence-electron chi connectivity index (χ2n) is 27.0. The second-order valence-corrected chi connectivity index (χ2v) is 29.9. The molecule has 17 nitrogen and oxygen atoms in total. The maximum absolute atomic E-state index is 13.1. The van der Waals surface area contributed by atoms with E-state index in [1.807, 2.05) is 66.8 Å². The van der Waals surface area contributed by atoms with Crippen LogP contribution in [0.3, 0.4) is 0 Å². The monoisotopic (exact) mass is 1620 g/mol. The third-order valence-corrected chi connectivity index (χ3v) is 18.2. The first-order valence-electron chi connectivity index (χ1n) is 42.3. The summed E-state index contributed by atoms with van der Waals surface area (Å²) in [5, 5.41) is 10.7. The Balaban J connectivity index is 5.68. The maximum atomic E-state index is 13.1. The quantitative estimate of drug-likeness (QED) is 0.0169. The number of aliphatic hydroxyl groups excluding tert-OH is 1. The van der Waals surface area contributed by atoms with Gasteiger partial charge in [0.1, 0.15) is 19.3 Å². The Bertz CT molecular complexity index is 3120. The molecule has 0 saturated carbocycles. The van der Waals surface area contributed by atoms with Gasteiger partial charge in [-0.25, -0.2) is 9.13 Å². The Morgan fingerprint density at radius 3 is 0.719 bits per heavy atom. The molecule has 0 aromatic carbocycles. The number of hydrogen-bond donors (Lipinski definition) is 3. The predicted octanol–water partition coefficient (Wildman–Crippen LogP) is 25.6. The minimum absolute atomic E-state index is 0.00863. The Morgan fingerprint density at radius 2 is 0.465 bits per heavy atom. The molecule has 2 unspecified atom stereocenters. The first kappa shape index (κ1) is 107. The molecule has 0 rings (SSSR count). The Labute approximate surface area is 688 Å². The van der Waals surface area contributed by atoms with Gasteiger partial charge in [0, 0.05) is 25.7 Å². The molecule has 0 radical (unpaired) electrons. The second kappa shape index (κ2) is 83.8. The highest BCUT2D eigenvalue weighted by Gasteiger charge is 2.30. The van der Waals surface area contributed by atoms with Crippen molar-refractivity contribution in [3.8, 4) is 0 Å². The van der Waals surface area contributed by atoms with Crippen LogP contribution in [0.2, 0.25) is 0 Å². The summed E-state index contributed by atoms with van der Waals surface area (Å²) >= 11 is 0. The largest absolute Gasteiger partial charge is 0.472 e. The fourth-order valence-corrected chi connectivity index (χ4v) is 11.5. The lowest BCUT2D eigenvalue weighted by atomic mass is 10.2. The van der Waals surface area contributed by atoms with Gasteiger partial charge in [0.05, 0.1) is 26.4 Å². The molecule has 0 heterocycles. The molecule has 0 saturated heterocycles. The highest BCUT2D eigenvalue weighted by Crippen LogP contribution is 2.45. The first-order valence-corrected chi connectivity index (χ1v) is 45.3. The van der Waals surface area contributed by atoms with Crippen molar-refractivity contribution in [2.24, 2.45) is 0 Å². The van der Waals surface area contributed by atoms with Gasteiger partial charge in [-0.2, -0.15) is 0 Å². The van der Waals surface area contributed by atoms with E-state index >= 15 is 0 Å². The van der Waals surface area contributed by atoms with E-state index in [2.05, 4.69) is 204 Å². The summed E-state index contributed by atoms with van der Waals surface area (Å²) in [6, 6.07) is 0. The molecule has 0 aliphatic heterocycles. The van der Waals surface area contributed by atoms with E-state index in [0.29, 0.717) is 51.4 Å². The van der Waals surface area contributed by atoms with Gasteiger partial charge in [-0.05, 0) is 180 Å². The highest BCUT2D eigenvalue weighted by atomic mass is 31.2. The SMILES string of the molecule is CC/C=C\C/C=C\C/C=C\C/C=C\C/C=C\C/C=C\CCC(=O)O[C@H](COC(=O)CCC/C=C\C/C=C\C/C=C\C/C=C\CCCCC)COP(=O)(O)OC[C@H](O)COP(=O)(O)OC[C@@H](COC(=O)CC/C=C\C/C=C\C/C=C\C/C=C\C/C=C\CCCCC)OC(=O)CC/C=C\C/C=C\C/C=C\C/C=C\C/C=C\CCCCC. The minimum atomic E-state index is -5.04. The third kappa shape index (κ3) is 82.8. The zero-order valence-corrected chi connectivity index (χ0v) is 71.7. The zero-order chi connectivity index (χ0) is 83.1. The molecule has 0 bridgehead atoms. The summed E-state index contributed by atoms with van der Waals surface area (Å²) < 4.78 is 68.4. The highest BCUT2D eigenvalue weighted by molar-refractivity contribution is 7.47. The minimum Gasteiger partial charge on any atom is -0.462 e. The standard InChI is InChI=1S/C95H146O17P2/c1-5-9-13-17-21-25-29-33-37-41-44-48-52-56-60-64-68-72-76-80-93(98)106-86-91(112-95(100)82-78-74-70-66-62-58-54-50-46-43-39-35-31-27-23-19-15-11-7-3)88-110-114(103,104)108-84-89(96)83-107-113(101,102)109-87-90(85-105-92(97)79-75-71-67-63-59-55-51-47-40-36-32-28-24-20-16-12-8-4)111-94(99)81-77-73-69-65-61-57-53-49-45-42-38-34-30-26-22-18-14-10-6-2/h10,14,21-28,33-40,44-46,48-51,55-58,60-63,67-70,72-74,89-91,96H,5-9,11-13,15-20,29-32,41-43,47,52-54,59,64-66,71,75-88H2,1-4H3,(H,101,102)(H,103,104)/b14-10-,25-21-,26-22-,27-23-,28-24-,37-33-,38-34-,39-35-,40-36-,48-44-,49-45-,50-46-,55-51-,60-56-,61-57-,62-58-,67-63-,72-68-,73-69-,74-70-/t89-,90+,91+/m0/s1. The smallest absolute Gasteiger partial charge is 0.462 e. The van der Waals surface area contributed by atoms with E-state index in [1.165, 1.54) is 57.8 Å². The molecular weight excluding hydrogens is 1470 g/mol. The molecule has 638 valence electrons. The molecule has 0 fully saturated rings. The number of aliphatic hydroxyl groups is 1. The summed E-state index contributed by atoms with van der Waals surface area (Å²) in [5.74, 6) is -2.57. The van der Waals surface area contributed by atoms with E-state index < -0.39 is 97.5 Å². The van der Waals surface area contributed by atoms with Gasteiger partial charge < -0.3 is 33.8 Å². The number of phosphoric acid groups is 2. The van der Waals surface area contributed by atoms with Crippen molar-refractivity contribution >= 4 is 39.5 Å². The van der Waals surface area contributed by atoms with Crippen molar-refractivity contribution < 1.29 is 80.2 Å². The number of esters is 4. The molecule has 0 amide bonds. The zero-order valence-electron chi connectivity index (χ0n) is 69.9. The lowest BCUT2D eigenvalue weighted by Gasteiger charge is -2.21. The van der Waals surface area contributed by atoms with Gasteiger partial charge in [0.15, 0.2) is 12.2 Å². The Morgan fingerprint density at radius 1 is 0.254 bits per heavy atom. The van der Waals surface area contributed by atoms with Crippen LogP contribution in [0.15, 0.2) is 243 Å². The average molecular weight is 1620 g/mol. The number of phosphoric ester groups is 2. The van der Waals surface area contributed by atoms with Crippen LogP contribution in [0.1, 0.15) is 272 Å². The van der Waals surface area contributed by atoms with Crippen LogP contribution in [0.25, 0.3) is 0 Å². The van der Waals surface area contributed by atoms with Gasteiger partial charge in [-0.1, -0.05) is 309 Å². The van der Waals surface area contributed by atoms with E-state index in [9.17, 15) is 43.2 Å². The van der Waals surface area contributed by atoms with Crippen molar-refractivity contribution in [1.29, 1.82) is 0 Å². The molecule has 114 heavy (non-hydrogen) atoms. The maximum Gasteiger partial charge on any atom is 0.472 e. The molecule has 0 aromatic heterocycles. The lowest BCUT2D eigenvalue weighted by molar-refractivity contribution is -0.161. The Hall–Kier alpha value is -7.14. The number of allylic oxidation sites excluding steroid dienone is 40. The normalized spacial score (nSPS) is 15.0. The molecule has 0 spiro atoms. The molecule has 3 N–H and O–H groups in total. The number of ether oxygens (including phenoxy) is 4. The van der Waals surface area contributed by atoms with Crippen LogP contribution in [0.5, 0.6) is 0 Å². The average Bonchev–Trinajstić information content (AvgIpc) is 0.904. The topological polar surface area (TPSA) is 237 Å². The van der Waals surface area contributed by atoms with E-state index in [4.69, 9.17) is 37.0 Å². The first-order chi connectivity index (χ1) is 55.7. The summed E-state index contributed by atoms with van der Waals surface area (Å²) in [6.07, 6.45) is 110.